The number of ether oxygens (including phenoxy) is 2. The Morgan fingerprint density at radius 2 is 1.28 bits per heavy atom. The predicted octanol–water partition coefficient (Wildman–Crippen LogP) is 7.60. The SMILES string of the molecule is COc1cc(C(c2c(O)c3cc(Br)ccc3oc2=O)c2c(O)c3cc(Br)ccc3oc2=O)ccc1OCc1ccccc1. The standard InChI is InChI=1S/C33H22Br2O8/c1-40-26-13-18(7-10-25(26)41-16-17-5-3-2-4-6-17)27(28-30(36)21-14-19(34)8-11-23(21)42-32(28)38)29-31(37)22-15-20(35)9-12-24(22)43-33(29)39/h2-15,27,36-37H,16H2,1H3. The van der Waals surface area contributed by atoms with Crippen LogP contribution in [0.4, 0.5) is 0 Å². The lowest BCUT2D eigenvalue weighted by Crippen LogP contribution is -2.21. The smallest absolute Gasteiger partial charge is 0.344 e. The lowest BCUT2D eigenvalue weighted by Gasteiger charge is -2.21. The van der Waals surface area contributed by atoms with Gasteiger partial charge in [0.1, 0.15) is 29.3 Å². The number of rotatable bonds is 7. The van der Waals surface area contributed by atoms with Gasteiger partial charge in [-0.25, -0.2) is 9.59 Å². The van der Waals surface area contributed by atoms with Crippen LogP contribution in [0.25, 0.3) is 21.9 Å². The third-order valence-corrected chi connectivity index (χ3v) is 8.07. The van der Waals surface area contributed by atoms with E-state index in [1.54, 1.807) is 54.6 Å². The first kappa shape index (κ1) is 28.6. The molecule has 0 aliphatic rings. The van der Waals surface area contributed by atoms with E-state index in [0.717, 1.165) is 5.56 Å². The Balaban J connectivity index is 1.59. The van der Waals surface area contributed by atoms with E-state index in [-0.39, 0.29) is 39.7 Å². The number of hydrogen-bond acceptors (Lipinski definition) is 8. The van der Waals surface area contributed by atoms with Crippen molar-refractivity contribution in [1.29, 1.82) is 0 Å². The van der Waals surface area contributed by atoms with E-state index in [2.05, 4.69) is 31.9 Å². The molecule has 0 amide bonds. The Hall–Kier alpha value is -4.54. The van der Waals surface area contributed by atoms with E-state index in [9.17, 15) is 19.8 Å². The average Bonchev–Trinajstić information content (AvgIpc) is 3.00. The zero-order valence-electron chi connectivity index (χ0n) is 22.5. The summed E-state index contributed by atoms with van der Waals surface area (Å²) in [4.78, 5) is 27.1. The molecule has 0 fully saturated rings. The minimum Gasteiger partial charge on any atom is -0.507 e. The molecule has 8 nitrogen and oxygen atoms in total. The highest BCUT2D eigenvalue weighted by atomic mass is 79.9. The van der Waals surface area contributed by atoms with Crippen molar-refractivity contribution in [2.24, 2.45) is 0 Å². The number of methoxy groups -OCH3 is 1. The van der Waals surface area contributed by atoms with Crippen LogP contribution in [-0.2, 0) is 6.61 Å². The molecule has 0 unspecified atom stereocenters. The fourth-order valence-corrected chi connectivity index (χ4v) is 5.77. The highest BCUT2D eigenvalue weighted by molar-refractivity contribution is 9.10. The van der Waals surface area contributed by atoms with Crippen molar-refractivity contribution in [3.63, 3.8) is 0 Å². The molecule has 0 saturated heterocycles. The molecule has 4 aromatic carbocycles. The Labute approximate surface area is 261 Å². The van der Waals surface area contributed by atoms with Crippen LogP contribution in [0.3, 0.4) is 0 Å². The van der Waals surface area contributed by atoms with Gasteiger partial charge in [0.2, 0.25) is 0 Å². The molecule has 0 spiro atoms. The fraction of sp³-hybridized carbons (Fsp3) is 0.0909. The highest BCUT2D eigenvalue weighted by Gasteiger charge is 2.33. The van der Waals surface area contributed by atoms with Crippen molar-refractivity contribution in [2.75, 3.05) is 7.11 Å². The van der Waals surface area contributed by atoms with E-state index in [1.807, 2.05) is 30.3 Å². The van der Waals surface area contributed by atoms with Crippen LogP contribution in [0, 0.1) is 0 Å². The van der Waals surface area contributed by atoms with Crippen LogP contribution in [0.1, 0.15) is 28.2 Å². The molecule has 0 saturated carbocycles. The lowest BCUT2D eigenvalue weighted by atomic mass is 9.84. The maximum absolute atomic E-state index is 13.5. The van der Waals surface area contributed by atoms with Gasteiger partial charge in [-0.2, -0.15) is 0 Å². The summed E-state index contributed by atoms with van der Waals surface area (Å²) in [6, 6.07) is 24.0. The van der Waals surface area contributed by atoms with Crippen molar-refractivity contribution >= 4 is 53.8 Å². The van der Waals surface area contributed by atoms with E-state index in [4.69, 9.17) is 18.3 Å². The molecular weight excluding hydrogens is 684 g/mol. The van der Waals surface area contributed by atoms with Gasteiger partial charge >= 0.3 is 11.3 Å². The summed E-state index contributed by atoms with van der Waals surface area (Å²) in [6.45, 7) is 0.272. The van der Waals surface area contributed by atoms with Crippen molar-refractivity contribution in [3.05, 3.63) is 137 Å². The summed E-state index contributed by atoms with van der Waals surface area (Å²) in [7, 11) is 1.46. The molecule has 2 aromatic heterocycles. The van der Waals surface area contributed by atoms with Gasteiger partial charge in [-0.1, -0.05) is 68.3 Å². The molecule has 0 aliphatic carbocycles. The topological polar surface area (TPSA) is 119 Å². The molecule has 0 atom stereocenters. The molecule has 43 heavy (non-hydrogen) atoms. The Morgan fingerprint density at radius 1 is 0.721 bits per heavy atom. The number of halogens is 2. The number of aromatic hydroxyl groups is 2. The quantitative estimate of drug-likeness (QED) is 0.163. The number of hydrogen-bond donors (Lipinski definition) is 2. The molecule has 0 aliphatic heterocycles. The second-order valence-corrected chi connectivity index (χ2v) is 11.5. The van der Waals surface area contributed by atoms with E-state index < -0.39 is 28.7 Å². The Morgan fingerprint density at radius 3 is 1.81 bits per heavy atom. The molecule has 6 rings (SSSR count). The van der Waals surface area contributed by atoms with Gasteiger partial charge in [-0.15, -0.1) is 0 Å². The van der Waals surface area contributed by atoms with Crippen molar-refractivity contribution < 1.29 is 28.5 Å². The third-order valence-electron chi connectivity index (χ3n) is 7.08. The summed E-state index contributed by atoms with van der Waals surface area (Å²) < 4.78 is 24.1. The van der Waals surface area contributed by atoms with Crippen LogP contribution in [0.15, 0.2) is 112 Å². The minimum absolute atomic E-state index is 0.147. The van der Waals surface area contributed by atoms with Crippen LogP contribution < -0.4 is 20.7 Å². The minimum atomic E-state index is -1.32. The molecule has 0 radical (unpaired) electrons. The summed E-state index contributed by atoms with van der Waals surface area (Å²) >= 11 is 6.76. The maximum Gasteiger partial charge on any atom is 0.344 e. The van der Waals surface area contributed by atoms with Gasteiger partial charge in [-0.05, 0) is 59.7 Å². The summed E-state index contributed by atoms with van der Waals surface area (Å²) in [5, 5.41) is 23.5. The van der Waals surface area contributed by atoms with Gasteiger partial charge in [0, 0.05) is 8.95 Å². The van der Waals surface area contributed by atoms with Gasteiger partial charge < -0.3 is 28.5 Å². The van der Waals surface area contributed by atoms with Crippen LogP contribution in [-0.4, -0.2) is 17.3 Å². The molecule has 2 N–H and O–H groups in total. The molecule has 0 bridgehead atoms. The van der Waals surface area contributed by atoms with Gasteiger partial charge in [0.25, 0.3) is 0 Å². The van der Waals surface area contributed by atoms with E-state index in [0.29, 0.717) is 26.0 Å². The molecular formula is C33H22Br2O8. The van der Waals surface area contributed by atoms with Crippen molar-refractivity contribution in [3.8, 4) is 23.0 Å². The van der Waals surface area contributed by atoms with Crippen LogP contribution in [0.5, 0.6) is 23.0 Å². The normalized spacial score (nSPS) is 11.3. The van der Waals surface area contributed by atoms with Crippen molar-refractivity contribution in [1.82, 2.24) is 0 Å². The van der Waals surface area contributed by atoms with Crippen molar-refractivity contribution in [2.45, 2.75) is 12.5 Å². The first-order chi connectivity index (χ1) is 20.7. The molecule has 216 valence electrons. The third kappa shape index (κ3) is 5.39. The Bertz CT molecular complexity index is 2010. The second kappa shape index (κ2) is 11.6. The molecule has 2 heterocycles. The van der Waals surface area contributed by atoms with Gasteiger partial charge in [-0.3, -0.25) is 0 Å². The largest absolute Gasteiger partial charge is 0.507 e. The fourth-order valence-electron chi connectivity index (χ4n) is 5.05. The van der Waals surface area contributed by atoms with E-state index >= 15 is 0 Å². The van der Waals surface area contributed by atoms with Crippen LogP contribution >= 0.6 is 31.9 Å². The molecule has 6 aromatic rings. The Kier molecular flexibility index (Phi) is 7.72. The summed E-state index contributed by atoms with van der Waals surface area (Å²) in [6.07, 6.45) is 0. The number of fused-ring (bicyclic) bond motifs is 2. The molecule has 10 heteroatoms. The zero-order valence-corrected chi connectivity index (χ0v) is 25.6. The second-order valence-electron chi connectivity index (χ2n) is 9.70. The van der Waals surface area contributed by atoms with Gasteiger partial charge in [0.15, 0.2) is 11.5 Å². The van der Waals surface area contributed by atoms with Crippen LogP contribution in [0.2, 0.25) is 0 Å². The van der Waals surface area contributed by atoms with Gasteiger partial charge in [0.05, 0.1) is 34.9 Å². The number of benzene rings is 4. The zero-order chi connectivity index (χ0) is 30.2. The maximum atomic E-state index is 13.5. The lowest BCUT2D eigenvalue weighted by molar-refractivity contribution is 0.284. The monoisotopic (exact) mass is 704 g/mol. The predicted molar refractivity (Wildman–Crippen MR) is 168 cm³/mol. The highest BCUT2D eigenvalue weighted by Crippen LogP contribution is 2.44. The summed E-state index contributed by atoms with van der Waals surface area (Å²) in [5.41, 5.74) is -0.741. The average molecular weight is 706 g/mol. The first-order valence-electron chi connectivity index (χ1n) is 13.0. The van der Waals surface area contributed by atoms with E-state index in [1.165, 1.54) is 7.11 Å². The summed E-state index contributed by atoms with van der Waals surface area (Å²) in [5.74, 6) is -1.43. The first-order valence-corrected chi connectivity index (χ1v) is 14.6.